The lowest BCUT2D eigenvalue weighted by atomic mass is 10.1. The Morgan fingerprint density at radius 3 is 2.58 bits per heavy atom. The van der Waals surface area contributed by atoms with E-state index in [-0.39, 0.29) is 11.7 Å². The molecule has 0 aliphatic carbocycles. The molecule has 2 rings (SSSR count). The van der Waals surface area contributed by atoms with Crippen molar-refractivity contribution in [2.24, 2.45) is 5.92 Å². The zero-order valence-electron chi connectivity index (χ0n) is 15.4. The molecule has 0 saturated heterocycles. The molecule has 9 heteroatoms. The van der Waals surface area contributed by atoms with Crippen molar-refractivity contribution in [2.45, 2.75) is 39.1 Å². The second-order valence-corrected chi connectivity index (χ2v) is 7.34. The molecule has 2 aromatic heterocycles. The molecule has 0 atom stereocenters. The minimum absolute atomic E-state index is 0.0888. The lowest BCUT2D eigenvalue weighted by molar-refractivity contribution is -0.117. The summed E-state index contributed by atoms with van der Waals surface area (Å²) >= 11 is 1.22. The SMILES string of the molecule is Cc1cc(C)n(-c2ccc(SCC(=O)NC(=O)NCCC(C)C)nn2)n1. The zero-order chi connectivity index (χ0) is 19.1. The number of rotatable bonds is 7. The maximum absolute atomic E-state index is 11.8. The Hall–Kier alpha value is -2.42. The van der Waals surface area contributed by atoms with Crippen LogP contribution in [-0.4, -0.2) is 44.2 Å². The third-order valence-corrected chi connectivity index (χ3v) is 4.38. The van der Waals surface area contributed by atoms with E-state index in [0.717, 1.165) is 17.8 Å². The fraction of sp³-hybridized carbons (Fsp3) is 0.471. The summed E-state index contributed by atoms with van der Waals surface area (Å²) in [5.41, 5.74) is 1.88. The van der Waals surface area contributed by atoms with Crippen molar-refractivity contribution in [1.82, 2.24) is 30.6 Å². The van der Waals surface area contributed by atoms with Crippen LogP contribution in [0.15, 0.2) is 23.2 Å². The lowest BCUT2D eigenvalue weighted by Crippen LogP contribution is -2.40. The molecule has 0 spiro atoms. The van der Waals surface area contributed by atoms with Gasteiger partial charge in [0.1, 0.15) is 5.03 Å². The predicted molar refractivity (Wildman–Crippen MR) is 100 cm³/mol. The first-order valence-corrected chi connectivity index (χ1v) is 9.41. The van der Waals surface area contributed by atoms with Crippen LogP contribution in [0, 0.1) is 19.8 Å². The fourth-order valence-corrected chi connectivity index (χ4v) is 2.80. The summed E-state index contributed by atoms with van der Waals surface area (Å²) in [6.45, 7) is 8.55. The van der Waals surface area contributed by atoms with Crippen molar-refractivity contribution < 1.29 is 9.59 Å². The minimum atomic E-state index is -0.470. The Morgan fingerprint density at radius 2 is 2.00 bits per heavy atom. The number of aryl methyl sites for hydroxylation is 2. The number of carbonyl (C=O) groups excluding carboxylic acids is 2. The van der Waals surface area contributed by atoms with Crippen molar-refractivity contribution in [3.8, 4) is 5.82 Å². The van der Waals surface area contributed by atoms with Gasteiger partial charge in [0.25, 0.3) is 0 Å². The maximum Gasteiger partial charge on any atom is 0.321 e. The monoisotopic (exact) mass is 376 g/mol. The lowest BCUT2D eigenvalue weighted by Gasteiger charge is -2.08. The summed E-state index contributed by atoms with van der Waals surface area (Å²) in [6, 6.07) is 5.06. The van der Waals surface area contributed by atoms with Crippen molar-refractivity contribution in [3.05, 3.63) is 29.6 Å². The molecule has 2 N–H and O–H groups in total. The molecule has 0 aromatic carbocycles. The van der Waals surface area contributed by atoms with Gasteiger partial charge >= 0.3 is 6.03 Å². The van der Waals surface area contributed by atoms with E-state index in [1.54, 1.807) is 16.8 Å². The number of carbonyl (C=O) groups is 2. The van der Waals surface area contributed by atoms with Crippen LogP contribution in [0.1, 0.15) is 31.7 Å². The quantitative estimate of drug-likeness (QED) is 0.719. The first-order valence-electron chi connectivity index (χ1n) is 8.43. The molecule has 0 radical (unpaired) electrons. The van der Waals surface area contributed by atoms with E-state index in [1.807, 2.05) is 19.9 Å². The molecular formula is C17H24N6O2S. The summed E-state index contributed by atoms with van der Waals surface area (Å²) in [4.78, 5) is 23.4. The molecule has 8 nitrogen and oxygen atoms in total. The van der Waals surface area contributed by atoms with Gasteiger partial charge in [-0.1, -0.05) is 25.6 Å². The molecule has 3 amide bonds. The van der Waals surface area contributed by atoms with Gasteiger partial charge in [-0.15, -0.1) is 10.2 Å². The molecule has 0 aliphatic heterocycles. The van der Waals surface area contributed by atoms with Gasteiger partial charge in [-0.3, -0.25) is 10.1 Å². The highest BCUT2D eigenvalue weighted by molar-refractivity contribution is 7.99. The Morgan fingerprint density at radius 1 is 1.23 bits per heavy atom. The van der Waals surface area contributed by atoms with Crippen LogP contribution in [0.5, 0.6) is 0 Å². The van der Waals surface area contributed by atoms with Crippen molar-refractivity contribution in [1.29, 1.82) is 0 Å². The van der Waals surface area contributed by atoms with Crippen LogP contribution >= 0.6 is 11.8 Å². The third-order valence-electron chi connectivity index (χ3n) is 3.46. The molecule has 0 unspecified atom stereocenters. The Kier molecular flexibility index (Phi) is 7.14. The van der Waals surface area contributed by atoms with Gasteiger partial charge < -0.3 is 5.32 Å². The van der Waals surface area contributed by atoms with E-state index < -0.39 is 6.03 Å². The minimum Gasteiger partial charge on any atom is -0.338 e. The summed E-state index contributed by atoms with van der Waals surface area (Å²) < 4.78 is 1.71. The third kappa shape index (κ3) is 6.14. The second-order valence-electron chi connectivity index (χ2n) is 6.34. The average molecular weight is 376 g/mol. The molecule has 0 aliphatic rings. The van der Waals surface area contributed by atoms with Gasteiger partial charge in [-0.05, 0) is 44.4 Å². The van der Waals surface area contributed by atoms with Gasteiger partial charge in [-0.2, -0.15) is 5.10 Å². The second kappa shape index (κ2) is 9.33. The van der Waals surface area contributed by atoms with Crippen molar-refractivity contribution >= 4 is 23.7 Å². The molecule has 2 aromatic rings. The molecule has 140 valence electrons. The largest absolute Gasteiger partial charge is 0.338 e. The number of hydrogen-bond acceptors (Lipinski definition) is 6. The summed E-state index contributed by atoms with van der Waals surface area (Å²) in [7, 11) is 0. The van der Waals surface area contributed by atoms with E-state index in [4.69, 9.17) is 0 Å². The molecule has 0 saturated carbocycles. The zero-order valence-corrected chi connectivity index (χ0v) is 16.3. The molecule has 0 bridgehead atoms. The van der Waals surface area contributed by atoms with Crippen LogP contribution in [0.3, 0.4) is 0 Å². The Balaban J connectivity index is 1.79. The van der Waals surface area contributed by atoms with Crippen molar-refractivity contribution in [2.75, 3.05) is 12.3 Å². The fourth-order valence-electron chi connectivity index (χ4n) is 2.18. The number of aromatic nitrogens is 4. The molecule has 0 fully saturated rings. The van der Waals surface area contributed by atoms with Gasteiger partial charge in [0.05, 0.1) is 11.4 Å². The van der Waals surface area contributed by atoms with E-state index in [1.165, 1.54) is 11.8 Å². The number of hydrogen-bond donors (Lipinski definition) is 2. The van der Waals surface area contributed by atoms with Crippen LogP contribution < -0.4 is 10.6 Å². The average Bonchev–Trinajstić information content (AvgIpc) is 2.91. The Bertz CT molecular complexity index is 757. The highest BCUT2D eigenvalue weighted by Gasteiger charge is 2.10. The summed E-state index contributed by atoms with van der Waals surface area (Å²) in [5.74, 6) is 0.832. The van der Waals surface area contributed by atoms with Gasteiger partial charge in [-0.25, -0.2) is 9.48 Å². The van der Waals surface area contributed by atoms with E-state index in [2.05, 4.69) is 39.8 Å². The van der Waals surface area contributed by atoms with Gasteiger partial charge in [0, 0.05) is 12.2 Å². The van der Waals surface area contributed by atoms with Crippen LogP contribution in [-0.2, 0) is 4.79 Å². The van der Waals surface area contributed by atoms with Gasteiger partial charge in [0.2, 0.25) is 5.91 Å². The van der Waals surface area contributed by atoms with E-state index >= 15 is 0 Å². The summed E-state index contributed by atoms with van der Waals surface area (Å²) in [6.07, 6.45) is 0.869. The molecule has 26 heavy (non-hydrogen) atoms. The van der Waals surface area contributed by atoms with Crippen LogP contribution in [0.2, 0.25) is 0 Å². The number of urea groups is 1. The Labute approximate surface area is 157 Å². The van der Waals surface area contributed by atoms with E-state index in [0.29, 0.717) is 23.3 Å². The summed E-state index contributed by atoms with van der Waals surface area (Å²) in [5, 5.41) is 18.1. The van der Waals surface area contributed by atoms with Crippen LogP contribution in [0.4, 0.5) is 4.79 Å². The standard InChI is InChI=1S/C17H24N6O2S/c1-11(2)7-8-18-17(25)19-15(24)10-26-16-6-5-14(20-21-16)23-13(4)9-12(3)22-23/h5-6,9,11H,7-8,10H2,1-4H3,(H2,18,19,24,25). The number of nitrogens with zero attached hydrogens (tertiary/aromatic N) is 4. The van der Waals surface area contributed by atoms with Gasteiger partial charge in [0.15, 0.2) is 5.82 Å². The molecular weight excluding hydrogens is 352 g/mol. The highest BCUT2D eigenvalue weighted by Crippen LogP contribution is 2.15. The van der Waals surface area contributed by atoms with Crippen molar-refractivity contribution in [3.63, 3.8) is 0 Å². The number of nitrogens with one attached hydrogen (secondary N) is 2. The van der Waals surface area contributed by atoms with Crippen LogP contribution in [0.25, 0.3) is 5.82 Å². The maximum atomic E-state index is 11.8. The van der Waals surface area contributed by atoms with E-state index in [9.17, 15) is 9.59 Å². The highest BCUT2D eigenvalue weighted by atomic mass is 32.2. The molecule has 2 heterocycles. The topological polar surface area (TPSA) is 102 Å². The predicted octanol–water partition coefficient (Wildman–Crippen LogP) is 2.24. The first kappa shape index (κ1) is 19.9. The number of imide groups is 1. The first-order chi connectivity index (χ1) is 12.3. The number of thioether (sulfide) groups is 1. The normalized spacial score (nSPS) is 10.8. The smallest absolute Gasteiger partial charge is 0.321 e. The number of amides is 3.